The Hall–Kier alpha value is -1.38. The highest BCUT2D eigenvalue weighted by Gasteiger charge is 2.08. The molecule has 0 saturated carbocycles. The molecule has 1 rings (SSSR count). The molecule has 7 heteroatoms. The van der Waals surface area contributed by atoms with Crippen LogP contribution in [0, 0.1) is 0 Å². The Bertz CT molecular complexity index is 397. The fourth-order valence-corrected chi connectivity index (χ4v) is 1.55. The van der Waals surface area contributed by atoms with E-state index in [1.807, 2.05) is 0 Å². The number of hydroxylamine groups is 1. The number of carbonyl (C=O) groups excluding carboxylic acids is 1. The van der Waals surface area contributed by atoms with E-state index in [-0.39, 0.29) is 0 Å². The van der Waals surface area contributed by atoms with E-state index >= 15 is 0 Å². The van der Waals surface area contributed by atoms with Crippen LogP contribution in [0.3, 0.4) is 0 Å². The Morgan fingerprint density at radius 1 is 1.44 bits per heavy atom. The number of hydrogen-bond donors (Lipinski definition) is 4. The summed E-state index contributed by atoms with van der Waals surface area (Å²) >= 11 is -1.69. The normalized spacial score (nSPS) is 12.7. The second-order valence-electron chi connectivity index (χ2n) is 2.74. The topological polar surface area (TPSA) is 105 Å². The van der Waals surface area contributed by atoms with E-state index in [0.29, 0.717) is 10.5 Å². The third-order valence-electron chi connectivity index (χ3n) is 1.69. The second kappa shape index (κ2) is 6.26. The number of carbonyl (C=O) groups is 1. The predicted octanol–water partition coefficient (Wildman–Crippen LogP) is 0.207. The summed E-state index contributed by atoms with van der Waals surface area (Å²) in [6, 6.07) is 6.39. The first-order valence-electron chi connectivity index (χ1n) is 4.21. The first kappa shape index (κ1) is 12.7. The monoisotopic (exact) mass is 242 g/mol. The van der Waals surface area contributed by atoms with Gasteiger partial charge in [0.15, 0.2) is 4.90 Å². The molecule has 0 saturated heterocycles. The molecule has 0 aliphatic rings. The molecular weight excluding hydrogens is 232 g/mol. The van der Waals surface area contributed by atoms with Crippen molar-refractivity contribution in [2.24, 2.45) is 0 Å². The molecule has 1 unspecified atom stereocenters. The Morgan fingerprint density at radius 3 is 2.81 bits per heavy atom. The summed E-state index contributed by atoms with van der Waals surface area (Å²) in [6.07, 6.45) is 2.55. The number of rotatable bonds is 4. The molecule has 1 amide bonds. The molecule has 1 aromatic rings. The molecule has 86 valence electrons. The highest BCUT2D eigenvalue weighted by atomic mass is 32.2. The largest absolute Gasteiger partial charge is 0.591 e. The van der Waals surface area contributed by atoms with Gasteiger partial charge in [-0.15, -0.1) is 0 Å². The van der Waals surface area contributed by atoms with Crippen LogP contribution in [0.25, 0.3) is 6.08 Å². The van der Waals surface area contributed by atoms with Gasteiger partial charge in [-0.2, -0.15) is 0 Å². The maximum atomic E-state index is 11.2. The van der Waals surface area contributed by atoms with Crippen LogP contribution >= 0.6 is 0 Å². The van der Waals surface area contributed by atoms with Crippen molar-refractivity contribution in [1.82, 2.24) is 10.4 Å². The van der Waals surface area contributed by atoms with Gasteiger partial charge in [0.05, 0.1) is 0 Å². The van der Waals surface area contributed by atoms with Crippen LogP contribution < -0.4 is 10.4 Å². The van der Waals surface area contributed by atoms with E-state index < -0.39 is 17.3 Å². The van der Waals surface area contributed by atoms with E-state index in [0.717, 1.165) is 6.08 Å². The van der Waals surface area contributed by atoms with Gasteiger partial charge >= 0.3 is 0 Å². The minimum absolute atomic E-state index is 0.369. The zero-order valence-corrected chi connectivity index (χ0v) is 8.90. The molecule has 16 heavy (non-hydrogen) atoms. The lowest BCUT2D eigenvalue weighted by Gasteiger charge is -2.05. The van der Waals surface area contributed by atoms with E-state index in [1.54, 1.807) is 23.1 Å². The van der Waals surface area contributed by atoms with Crippen LogP contribution in [-0.2, 0) is 16.2 Å². The van der Waals surface area contributed by atoms with Gasteiger partial charge in [-0.1, -0.05) is 12.1 Å². The maximum absolute atomic E-state index is 11.2. The van der Waals surface area contributed by atoms with Gasteiger partial charge in [-0.25, -0.2) is 5.48 Å². The smallest absolute Gasteiger partial charge is 0.267 e. The Kier molecular flexibility index (Phi) is 4.96. The minimum Gasteiger partial charge on any atom is -0.591 e. The Morgan fingerprint density at radius 2 is 2.19 bits per heavy atom. The summed E-state index contributed by atoms with van der Waals surface area (Å²) in [5, 5.41) is 16.7. The number of benzene rings is 1. The molecule has 4 N–H and O–H groups in total. The fraction of sp³-hybridized carbons (Fsp3) is 0. The molecule has 0 fully saturated rings. The molecule has 0 aliphatic carbocycles. The van der Waals surface area contributed by atoms with Crippen molar-refractivity contribution in [1.29, 1.82) is 0 Å². The predicted molar refractivity (Wildman–Crippen MR) is 56.7 cm³/mol. The van der Waals surface area contributed by atoms with Crippen molar-refractivity contribution in [2.75, 3.05) is 0 Å². The lowest BCUT2D eigenvalue weighted by molar-refractivity contribution is -0.124. The Labute approximate surface area is 94.8 Å². The van der Waals surface area contributed by atoms with Gasteiger partial charge in [0.1, 0.15) is 11.4 Å². The third kappa shape index (κ3) is 3.65. The van der Waals surface area contributed by atoms with Gasteiger partial charge in [0.2, 0.25) is 0 Å². The van der Waals surface area contributed by atoms with E-state index in [1.165, 1.54) is 17.6 Å². The Balaban J connectivity index is 2.82. The molecule has 0 aromatic heterocycles. The van der Waals surface area contributed by atoms with Crippen molar-refractivity contribution in [3.05, 3.63) is 35.9 Å². The zero-order chi connectivity index (χ0) is 12.0. The summed E-state index contributed by atoms with van der Waals surface area (Å²) in [7, 11) is 0. The summed E-state index contributed by atoms with van der Waals surface area (Å²) < 4.78 is 11.2. The highest BCUT2D eigenvalue weighted by Crippen LogP contribution is 2.12. The van der Waals surface area contributed by atoms with Crippen molar-refractivity contribution >= 4 is 23.3 Å². The average Bonchev–Trinajstić information content (AvgIpc) is 2.35. The first-order chi connectivity index (χ1) is 7.67. The van der Waals surface area contributed by atoms with Crippen LogP contribution in [0.5, 0.6) is 0 Å². The molecule has 0 radical (unpaired) electrons. The third-order valence-corrected chi connectivity index (χ3v) is 2.54. The zero-order valence-electron chi connectivity index (χ0n) is 8.08. The quantitative estimate of drug-likeness (QED) is 0.261. The number of amides is 1. The minimum atomic E-state index is -1.69. The summed E-state index contributed by atoms with van der Waals surface area (Å²) in [5.74, 6) is -0.660. The molecule has 0 bridgehead atoms. The lowest BCUT2D eigenvalue weighted by atomic mass is 10.2. The average molecular weight is 242 g/mol. The maximum Gasteiger partial charge on any atom is 0.267 e. The van der Waals surface area contributed by atoms with Crippen molar-refractivity contribution in [2.45, 2.75) is 4.90 Å². The second-order valence-corrected chi connectivity index (χ2v) is 3.93. The first-order valence-corrected chi connectivity index (χ1v) is 5.36. The van der Waals surface area contributed by atoms with Crippen LogP contribution in [0.1, 0.15) is 5.56 Å². The van der Waals surface area contributed by atoms with Crippen LogP contribution in [0.15, 0.2) is 35.2 Å². The van der Waals surface area contributed by atoms with Crippen LogP contribution in [0.4, 0.5) is 0 Å². The van der Waals surface area contributed by atoms with Gasteiger partial charge < -0.3 is 4.55 Å². The van der Waals surface area contributed by atoms with E-state index in [2.05, 4.69) is 0 Å². The lowest BCUT2D eigenvalue weighted by Crippen LogP contribution is -2.19. The molecule has 0 spiro atoms. The molecule has 0 heterocycles. The van der Waals surface area contributed by atoms with E-state index in [9.17, 15) is 9.35 Å². The summed E-state index contributed by atoms with van der Waals surface area (Å²) in [4.78, 5) is 12.7. The van der Waals surface area contributed by atoms with Gasteiger partial charge in [-0.05, 0) is 22.6 Å². The van der Waals surface area contributed by atoms with Crippen LogP contribution in [0.2, 0.25) is 0 Å². The van der Waals surface area contributed by atoms with Gasteiger partial charge in [0.25, 0.3) is 5.91 Å². The van der Waals surface area contributed by atoms with Crippen molar-refractivity contribution in [3.63, 3.8) is 0 Å². The molecule has 1 aromatic carbocycles. The van der Waals surface area contributed by atoms with Crippen LogP contribution in [-0.4, -0.2) is 20.9 Å². The highest BCUT2D eigenvalue weighted by molar-refractivity contribution is 7.89. The SMILES string of the molecule is O=C(/C=C/c1cccc([S+]([O-])NO)c1)NO. The molecule has 0 aliphatic heterocycles. The van der Waals surface area contributed by atoms with E-state index in [4.69, 9.17) is 10.4 Å². The fourth-order valence-electron chi connectivity index (χ4n) is 0.995. The summed E-state index contributed by atoms with van der Waals surface area (Å²) in [5.41, 5.74) is 2.06. The standard InChI is InChI=1S/C9H10N2O4S/c12-9(10-13)5-4-7-2-1-3-8(6-7)16(15)11-14/h1-6,11,13-14H,(H,10,12)/b5-4+. The number of hydrogen-bond acceptors (Lipinski definition) is 5. The number of nitrogens with one attached hydrogen (secondary N) is 2. The summed E-state index contributed by atoms with van der Waals surface area (Å²) in [6.45, 7) is 0. The molecule has 1 atom stereocenters. The van der Waals surface area contributed by atoms with Crippen molar-refractivity contribution < 1.29 is 19.8 Å². The molecule has 6 nitrogen and oxygen atoms in total. The van der Waals surface area contributed by atoms with Crippen molar-refractivity contribution in [3.8, 4) is 0 Å². The molecular formula is C9H10N2O4S. The van der Waals surface area contributed by atoms with Gasteiger partial charge in [0, 0.05) is 12.1 Å². The van der Waals surface area contributed by atoms with Gasteiger partial charge in [-0.3, -0.25) is 15.2 Å².